The number of methoxy groups -OCH3 is 1. The van der Waals surface area contributed by atoms with Crippen molar-refractivity contribution in [1.82, 2.24) is 14.7 Å². The van der Waals surface area contributed by atoms with Crippen molar-refractivity contribution in [1.29, 1.82) is 0 Å². The third-order valence-corrected chi connectivity index (χ3v) is 6.80. The van der Waals surface area contributed by atoms with Crippen LogP contribution in [-0.2, 0) is 20.9 Å². The Morgan fingerprint density at radius 3 is 2.61 bits per heavy atom. The first-order valence-corrected chi connectivity index (χ1v) is 11.3. The Morgan fingerprint density at radius 1 is 1.18 bits per heavy atom. The fourth-order valence-electron chi connectivity index (χ4n) is 5.43. The van der Waals surface area contributed by atoms with Gasteiger partial charge in [0.2, 0.25) is 0 Å². The van der Waals surface area contributed by atoms with E-state index in [2.05, 4.69) is 22.8 Å². The van der Waals surface area contributed by atoms with Crippen LogP contribution >= 0.6 is 0 Å². The standard InChI is InChI=1S/C24H27N3O6/c1-4-7-31-18-8-15-5-6-16(9-18)26(15)12-14(2)13-27-19-10-17(30-3)11-20-21(19)22(25-27)33-24(29)23(28)32-20/h1,10-11,14-16,18H,5-9,12-13H2,2-3H3/t14-,15-,16-/m1/s1. The molecule has 3 atom stereocenters. The lowest BCUT2D eigenvalue weighted by molar-refractivity contribution is -0.155. The minimum Gasteiger partial charge on any atom is -0.497 e. The summed E-state index contributed by atoms with van der Waals surface area (Å²) in [5.74, 6) is 1.48. The molecule has 5 rings (SSSR count). The molecular weight excluding hydrogens is 426 g/mol. The van der Waals surface area contributed by atoms with E-state index < -0.39 is 11.9 Å². The molecule has 4 heterocycles. The maximum absolute atomic E-state index is 11.9. The highest BCUT2D eigenvalue weighted by molar-refractivity contribution is 6.32. The zero-order chi connectivity index (χ0) is 23.1. The Kier molecular flexibility index (Phi) is 5.72. The average Bonchev–Trinajstić information content (AvgIpc) is 3.18. The zero-order valence-corrected chi connectivity index (χ0v) is 18.8. The van der Waals surface area contributed by atoms with E-state index in [-0.39, 0.29) is 23.7 Å². The molecule has 2 fully saturated rings. The molecule has 0 amide bonds. The molecule has 0 saturated carbocycles. The first-order chi connectivity index (χ1) is 16.0. The number of hydrogen-bond donors (Lipinski definition) is 0. The second-order valence-electron chi connectivity index (χ2n) is 9.08. The molecule has 2 bridgehead atoms. The molecule has 9 nitrogen and oxygen atoms in total. The number of ether oxygens (including phenoxy) is 4. The van der Waals surface area contributed by atoms with Gasteiger partial charge in [0, 0.05) is 37.3 Å². The maximum Gasteiger partial charge on any atom is 0.424 e. The van der Waals surface area contributed by atoms with Gasteiger partial charge in [0.15, 0.2) is 0 Å². The number of fused-ring (bicyclic) bond motifs is 2. The van der Waals surface area contributed by atoms with Crippen molar-refractivity contribution in [3.05, 3.63) is 12.1 Å². The highest BCUT2D eigenvalue weighted by atomic mass is 16.6. The summed E-state index contributed by atoms with van der Waals surface area (Å²) in [6.45, 7) is 4.11. The first kappa shape index (κ1) is 21.7. The van der Waals surface area contributed by atoms with Crippen LogP contribution in [0.3, 0.4) is 0 Å². The predicted octanol–water partition coefficient (Wildman–Crippen LogP) is 2.15. The molecule has 1 aromatic heterocycles. The van der Waals surface area contributed by atoms with E-state index in [0.29, 0.717) is 41.9 Å². The van der Waals surface area contributed by atoms with Crippen LogP contribution in [0.15, 0.2) is 12.1 Å². The molecule has 9 heteroatoms. The highest BCUT2D eigenvalue weighted by Gasteiger charge is 2.41. The number of carbonyl (C=O) groups excluding carboxylic acids is 2. The van der Waals surface area contributed by atoms with Crippen molar-refractivity contribution < 1.29 is 28.5 Å². The Bertz CT molecular complexity index is 1120. The molecule has 2 saturated heterocycles. The Balaban J connectivity index is 1.35. The van der Waals surface area contributed by atoms with Crippen LogP contribution < -0.4 is 14.2 Å². The first-order valence-electron chi connectivity index (χ1n) is 11.3. The van der Waals surface area contributed by atoms with Crippen molar-refractivity contribution in [2.75, 3.05) is 20.3 Å². The molecule has 0 unspecified atom stereocenters. The second kappa shape index (κ2) is 8.69. The van der Waals surface area contributed by atoms with E-state index in [4.69, 9.17) is 25.4 Å². The molecule has 0 spiro atoms. The van der Waals surface area contributed by atoms with Crippen molar-refractivity contribution in [3.63, 3.8) is 0 Å². The van der Waals surface area contributed by atoms with Gasteiger partial charge in [-0.1, -0.05) is 12.8 Å². The SMILES string of the molecule is C#CCOC1C[C@H]2CC[C@H](C1)N2C[C@@H](C)Cn1nc2c3c(cc(OC)cc31)OC(=O)C(=O)O2. The number of carbonyl (C=O) groups is 2. The van der Waals surface area contributed by atoms with E-state index in [1.54, 1.807) is 10.7 Å². The normalized spacial score (nSPS) is 25.3. The van der Waals surface area contributed by atoms with Gasteiger partial charge in [-0.3, -0.25) is 9.58 Å². The summed E-state index contributed by atoms with van der Waals surface area (Å²) in [4.78, 5) is 26.4. The van der Waals surface area contributed by atoms with Crippen LogP contribution in [0.1, 0.15) is 32.6 Å². The van der Waals surface area contributed by atoms with Gasteiger partial charge < -0.3 is 18.9 Å². The van der Waals surface area contributed by atoms with Gasteiger partial charge in [-0.25, -0.2) is 9.59 Å². The molecule has 3 aliphatic heterocycles. The molecule has 174 valence electrons. The summed E-state index contributed by atoms with van der Waals surface area (Å²) in [5.41, 5.74) is 0.693. The van der Waals surface area contributed by atoms with Gasteiger partial charge in [0.05, 0.1) is 18.7 Å². The number of nitrogens with zero attached hydrogens (tertiary/aromatic N) is 3. The van der Waals surface area contributed by atoms with Crippen LogP contribution in [0.25, 0.3) is 10.9 Å². The van der Waals surface area contributed by atoms with Crippen molar-refractivity contribution in [2.45, 2.75) is 57.3 Å². The highest BCUT2D eigenvalue weighted by Crippen LogP contribution is 2.40. The molecule has 3 aliphatic rings. The average molecular weight is 453 g/mol. The second-order valence-corrected chi connectivity index (χ2v) is 9.08. The van der Waals surface area contributed by atoms with Crippen molar-refractivity contribution in [3.8, 4) is 29.7 Å². The third-order valence-electron chi connectivity index (χ3n) is 6.80. The molecule has 0 aliphatic carbocycles. The van der Waals surface area contributed by atoms with Crippen molar-refractivity contribution in [2.24, 2.45) is 5.92 Å². The summed E-state index contributed by atoms with van der Waals surface area (Å²) < 4.78 is 23.4. The predicted molar refractivity (Wildman–Crippen MR) is 118 cm³/mol. The van der Waals surface area contributed by atoms with E-state index in [9.17, 15) is 9.59 Å². The van der Waals surface area contributed by atoms with Gasteiger partial charge in [-0.15, -0.1) is 11.5 Å². The van der Waals surface area contributed by atoms with Gasteiger partial charge in [0.1, 0.15) is 23.5 Å². The molecule has 33 heavy (non-hydrogen) atoms. The summed E-state index contributed by atoms with van der Waals surface area (Å²) in [5, 5.41) is 5.00. The quantitative estimate of drug-likeness (QED) is 0.273. The molecular formula is C24H27N3O6. The van der Waals surface area contributed by atoms with E-state index in [0.717, 1.165) is 19.4 Å². The van der Waals surface area contributed by atoms with Gasteiger partial charge >= 0.3 is 11.9 Å². The van der Waals surface area contributed by atoms with Crippen molar-refractivity contribution >= 4 is 22.8 Å². The summed E-state index contributed by atoms with van der Waals surface area (Å²) >= 11 is 0. The maximum atomic E-state index is 11.9. The smallest absolute Gasteiger partial charge is 0.424 e. The Labute approximate surface area is 191 Å². The number of terminal acetylenes is 1. The molecule has 2 aromatic rings. The lowest BCUT2D eigenvalue weighted by atomic mass is 9.98. The monoisotopic (exact) mass is 453 g/mol. The molecule has 1 aromatic carbocycles. The number of piperidine rings is 1. The van der Waals surface area contributed by atoms with Gasteiger partial charge in [0.25, 0.3) is 5.88 Å². The van der Waals surface area contributed by atoms with E-state index in [1.165, 1.54) is 20.0 Å². The summed E-state index contributed by atoms with van der Waals surface area (Å²) in [7, 11) is 1.53. The van der Waals surface area contributed by atoms with Crippen LogP contribution in [0, 0.1) is 18.3 Å². The Hall–Kier alpha value is -3.09. The topological polar surface area (TPSA) is 92.1 Å². The fourth-order valence-corrected chi connectivity index (χ4v) is 5.43. The lowest BCUT2D eigenvalue weighted by Gasteiger charge is -2.40. The van der Waals surface area contributed by atoms with Crippen LogP contribution in [0.2, 0.25) is 0 Å². The third kappa shape index (κ3) is 4.05. The number of esters is 2. The molecule has 0 N–H and O–H groups in total. The minimum atomic E-state index is -1.09. The largest absolute Gasteiger partial charge is 0.497 e. The number of rotatable bonds is 7. The number of benzene rings is 1. The van der Waals surface area contributed by atoms with E-state index in [1.807, 2.05) is 6.07 Å². The fraction of sp³-hybridized carbons (Fsp3) is 0.542. The van der Waals surface area contributed by atoms with E-state index >= 15 is 0 Å². The Morgan fingerprint density at radius 2 is 1.91 bits per heavy atom. The number of hydrogen-bond acceptors (Lipinski definition) is 8. The summed E-state index contributed by atoms with van der Waals surface area (Å²) in [6, 6.07) is 4.39. The van der Waals surface area contributed by atoms with Gasteiger partial charge in [-0.05, 0) is 31.6 Å². The summed E-state index contributed by atoms with van der Waals surface area (Å²) in [6.07, 6.45) is 10.00. The van der Waals surface area contributed by atoms with Gasteiger partial charge in [-0.2, -0.15) is 0 Å². The van der Waals surface area contributed by atoms with Crippen LogP contribution in [0.5, 0.6) is 17.4 Å². The van der Waals surface area contributed by atoms with Crippen LogP contribution in [0.4, 0.5) is 0 Å². The molecule has 0 radical (unpaired) electrons. The van der Waals surface area contributed by atoms with Crippen LogP contribution in [-0.4, -0.2) is 65.1 Å². The zero-order valence-electron chi connectivity index (χ0n) is 18.8. The lowest BCUT2D eigenvalue weighted by Crippen LogP contribution is -2.47. The minimum absolute atomic E-state index is 0.0808. The number of aromatic nitrogens is 2.